The number of carboxylic acid groups (broad SMARTS) is 1. The van der Waals surface area contributed by atoms with E-state index in [2.05, 4.69) is 4.98 Å². The summed E-state index contributed by atoms with van der Waals surface area (Å²) in [7, 11) is 0. The number of aromatic carboxylic acids is 1. The quantitative estimate of drug-likeness (QED) is 0.865. The maximum Gasteiger partial charge on any atom is 0.341 e. The fourth-order valence-corrected chi connectivity index (χ4v) is 3.74. The molecule has 25 heavy (non-hydrogen) atoms. The lowest BCUT2D eigenvalue weighted by molar-refractivity contribution is 0.0695. The number of carbonyl (C=O) groups is 1. The van der Waals surface area contributed by atoms with Gasteiger partial charge in [0.2, 0.25) is 5.43 Å². The van der Waals surface area contributed by atoms with Gasteiger partial charge in [-0.3, -0.25) is 4.79 Å². The Morgan fingerprint density at radius 2 is 2.24 bits per heavy atom. The summed E-state index contributed by atoms with van der Waals surface area (Å²) in [6.45, 7) is 3.41. The van der Waals surface area contributed by atoms with Crippen LogP contribution in [0.3, 0.4) is 0 Å². The van der Waals surface area contributed by atoms with Gasteiger partial charge in [-0.25, -0.2) is 14.2 Å². The molecule has 1 spiro atoms. The molecule has 132 valence electrons. The number of hydrogen-bond donors (Lipinski definition) is 2. The van der Waals surface area contributed by atoms with E-state index < -0.39 is 17.2 Å². The van der Waals surface area contributed by atoms with Crippen molar-refractivity contribution in [3.8, 4) is 0 Å². The zero-order valence-electron chi connectivity index (χ0n) is 13.8. The Kier molecular flexibility index (Phi) is 3.37. The largest absolute Gasteiger partial charge is 0.477 e. The summed E-state index contributed by atoms with van der Waals surface area (Å²) in [4.78, 5) is 29.8. The van der Waals surface area contributed by atoms with Crippen molar-refractivity contribution in [1.29, 1.82) is 0 Å². The van der Waals surface area contributed by atoms with E-state index in [1.807, 2.05) is 11.8 Å². The number of aromatic nitrogens is 2. The lowest BCUT2D eigenvalue weighted by Gasteiger charge is -2.19. The van der Waals surface area contributed by atoms with E-state index >= 15 is 0 Å². The first kappa shape index (κ1) is 16.0. The summed E-state index contributed by atoms with van der Waals surface area (Å²) in [6.07, 6.45) is 3.35. The van der Waals surface area contributed by atoms with E-state index in [0.29, 0.717) is 25.3 Å². The number of aryl methyl sites for hydroxylation is 1. The van der Waals surface area contributed by atoms with Crippen molar-refractivity contribution in [3.63, 3.8) is 0 Å². The van der Waals surface area contributed by atoms with Crippen molar-refractivity contribution in [1.82, 2.24) is 9.55 Å². The summed E-state index contributed by atoms with van der Waals surface area (Å²) < 4.78 is 16.2. The van der Waals surface area contributed by atoms with E-state index in [1.165, 1.54) is 6.20 Å². The number of carboxylic acids is 1. The van der Waals surface area contributed by atoms with Crippen LogP contribution in [0.15, 0.2) is 17.1 Å². The molecule has 2 aromatic heterocycles. The molecule has 7 nitrogen and oxygen atoms in total. The highest BCUT2D eigenvalue weighted by Crippen LogP contribution is 2.52. The molecule has 3 N–H and O–H groups in total. The third kappa shape index (κ3) is 2.31. The molecule has 4 rings (SSSR count). The summed E-state index contributed by atoms with van der Waals surface area (Å²) >= 11 is 0. The summed E-state index contributed by atoms with van der Waals surface area (Å²) in [5.41, 5.74) is 5.44. The van der Waals surface area contributed by atoms with Gasteiger partial charge in [0, 0.05) is 37.3 Å². The normalized spacial score (nSPS) is 21.2. The Labute approximate surface area is 142 Å². The van der Waals surface area contributed by atoms with Crippen molar-refractivity contribution in [2.24, 2.45) is 11.1 Å². The smallest absolute Gasteiger partial charge is 0.341 e. The highest BCUT2D eigenvalue weighted by Gasteiger charge is 2.54. The topological polar surface area (TPSA) is 101 Å². The van der Waals surface area contributed by atoms with Crippen LogP contribution in [0.5, 0.6) is 0 Å². The van der Waals surface area contributed by atoms with Gasteiger partial charge >= 0.3 is 5.97 Å². The molecule has 1 atom stereocenters. The predicted octanol–water partition coefficient (Wildman–Crippen LogP) is 1.18. The summed E-state index contributed by atoms with van der Waals surface area (Å²) in [6, 6.07) is 1.09. The van der Waals surface area contributed by atoms with Crippen LogP contribution in [-0.2, 0) is 6.54 Å². The molecule has 1 aliphatic heterocycles. The van der Waals surface area contributed by atoms with Gasteiger partial charge in [0.25, 0.3) is 0 Å². The van der Waals surface area contributed by atoms with Gasteiger partial charge in [0.05, 0.1) is 5.39 Å². The minimum atomic E-state index is -1.33. The van der Waals surface area contributed by atoms with Gasteiger partial charge in [-0.2, -0.15) is 0 Å². The molecule has 1 unspecified atom stereocenters. The van der Waals surface area contributed by atoms with Gasteiger partial charge in [-0.1, -0.05) is 0 Å². The lowest BCUT2D eigenvalue weighted by atomic mass is 10.0. The molecule has 2 fully saturated rings. The van der Waals surface area contributed by atoms with Crippen LogP contribution < -0.4 is 16.1 Å². The monoisotopic (exact) mass is 346 g/mol. The van der Waals surface area contributed by atoms with Gasteiger partial charge in [-0.15, -0.1) is 0 Å². The first-order valence-corrected chi connectivity index (χ1v) is 8.34. The number of rotatable bonds is 3. The van der Waals surface area contributed by atoms with Gasteiger partial charge in [-0.05, 0) is 25.8 Å². The number of anilines is 1. The van der Waals surface area contributed by atoms with Gasteiger partial charge in [0.1, 0.15) is 11.2 Å². The van der Waals surface area contributed by atoms with Crippen LogP contribution in [0.25, 0.3) is 11.0 Å². The molecule has 8 heteroatoms. The van der Waals surface area contributed by atoms with Gasteiger partial charge < -0.3 is 20.3 Å². The van der Waals surface area contributed by atoms with Crippen LogP contribution >= 0.6 is 0 Å². The lowest BCUT2D eigenvalue weighted by Crippen LogP contribution is -2.30. The third-order valence-electron chi connectivity index (χ3n) is 5.46. The highest BCUT2D eigenvalue weighted by atomic mass is 19.1. The van der Waals surface area contributed by atoms with E-state index in [1.54, 1.807) is 4.57 Å². The molecule has 0 bridgehead atoms. The first-order valence-electron chi connectivity index (χ1n) is 8.34. The predicted molar refractivity (Wildman–Crippen MR) is 90.4 cm³/mol. The van der Waals surface area contributed by atoms with Crippen LogP contribution in [0.2, 0.25) is 0 Å². The first-order chi connectivity index (χ1) is 11.9. The second-order valence-electron chi connectivity index (χ2n) is 6.98. The van der Waals surface area contributed by atoms with Crippen molar-refractivity contribution >= 4 is 22.8 Å². The van der Waals surface area contributed by atoms with Gasteiger partial charge in [0.15, 0.2) is 11.6 Å². The Hall–Kier alpha value is -2.48. The Morgan fingerprint density at radius 1 is 1.52 bits per heavy atom. The maximum absolute atomic E-state index is 14.7. The van der Waals surface area contributed by atoms with E-state index in [-0.39, 0.29) is 28.2 Å². The third-order valence-corrected chi connectivity index (χ3v) is 5.46. The Bertz CT molecular complexity index is 951. The van der Waals surface area contributed by atoms with Crippen molar-refractivity contribution in [2.45, 2.75) is 32.4 Å². The van der Waals surface area contributed by atoms with E-state index in [4.69, 9.17) is 5.73 Å². The summed E-state index contributed by atoms with van der Waals surface area (Å²) in [5.74, 6) is -1.78. The molecule has 1 aliphatic carbocycles. The molecule has 2 aromatic rings. The molecule has 3 heterocycles. The highest BCUT2D eigenvalue weighted by molar-refractivity contribution is 5.92. The van der Waals surface area contributed by atoms with Crippen LogP contribution in [0.1, 0.15) is 30.1 Å². The Morgan fingerprint density at radius 3 is 2.80 bits per heavy atom. The number of hydrogen-bond acceptors (Lipinski definition) is 5. The number of nitrogens with two attached hydrogens (primary N) is 1. The fraction of sp³-hybridized carbons (Fsp3) is 0.471. The molecule has 0 radical (unpaired) electrons. The molecule has 2 aliphatic rings. The van der Waals surface area contributed by atoms with Crippen molar-refractivity contribution < 1.29 is 14.3 Å². The number of fused-ring (bicyclic) bond motifs is 1. The molecule has 0 amide bonds. The average molecular weight is 346 g/mol. The van der Waals surface area contributed by atoms with Crippen LogP contribution in [0, 0.1) is 11.2 Å². The average Bonchev–Trinajstić information content (AvgIpc) is 3.27. The zero-order chi connectivity index (χ0) is 17.9. The Balaban J connectivity index is 1.88. The number of nitrogens with zero attached hydrogens (tertiary/aromatic N) is 3. The van der Waals surface area contributed by atoms with E-state index in [9.17, 15) is 19.1 Å². The SMILES string of the molecule is CCn1cc(C(=O)O)c(=O)c2cc(F)c(N3CC(N)C4(CC4)C3)nc21. The molecule has 1 saturated carbocycles. The number of pyridine rings is 2. The molecule has 1 saturated heterocycles. The van der Waals surface area contributed by atoms with Crippen LogP contribution in [-0.4, -0.2) is 39.8 Å². The molecule has 0 aromatic carbocycles. The standard InChI is InChI=1S/C17H19FN4O3/c1-2-21-6-10(16(24)25)13(23)9-5-11(18)15(20-14(9)21)22-7-12(19)17(8-22)3-4-17/h5-6,12H,2-4,7-8,19H2,1H3,(H,24,25). The fourth-order valence-electron chi connectivity index (χ4n) is 3.74. The maximum atomic E-state index is 14.7. The molecular weight excluding hydrogens is 327 g/mol. The number of halogens is 1. The van der Waals surface area contributed by atoms with Crippen molar-refractivity contribution in [2.75, 3.05) is 18.0 Å². The van der Waals surface area contributed by atoms with Crippen molar-refractivity contribution in [3.05, 3.63) is 33.9 Å². The summed E-state index contributed by atoms with van der Waals surface area (Å²) in [5, 5.41) is 9.16. The van der Waals surface area contributed by atoms with Crippen LogP contribution in [0.4, 0.5) is 10.2 Å². The second-order valence-corrected chi connectivity index (χ2v) is 6.98. The molecular formula is C17H19FN4O3. The minimum Gasteiger partial charge on any atom is -0.477 e. The van der Waals surface area contributed by atoms with E-state index in [0.717, 1.165) is 18.9 Å². The minimum absolute atomic E-state index is 0.00727. The zero-order valence-corrected chi connectivity index (χ0v) is 13.8. The second kappa shape index (κ2) is 5.26.